The Morgan fingerprint density at radius 1 is 1.28 bits per heavy atom. The molecule has 0 saturated heterocycles. The van der Waals surface area contributed by atoms with Gasteiger partial charge in [0.2, 0.25) is 0 Å². The number of benzene rings is 1. The smallest absolute Gasteiger partial charge is 0.125 e. The lowest BCUT2D eigenvalue weighted by atomic mass is 9.94. The Balaban J connectivity index is 2.18. The molecule has 1 fully saturated rings. The summed E-state index contributed by atoms with van der Waals surface area (Å²) in [5.41, 5.74) is 1.89. The van der Waals surface area contributed by atoms with Gasteiger partial charge in [0.1, 0.15) is 11.9 Å². The number of rotatable bonds is 3. The fraction of sp³-hybridized carbons (Fsp3) is 0.600. The van der Waals surface area contributed by atoms with E-state index < -0.39 is 6.10 Å². The van der Waals surface area contributed by atoms with Crippen molar-refractivity contribution in [2.45, 2.75) is 57.8 Å². The highest BCUT2D eigenvalue weighted by Crippen LogP contribution is 2.30. The molecule has 0 heterocycles. The Morgan fingerprint density at radius 2 is 2.00 bits per heavy atom. The minimum absolute atomic E-state index is 0.141. The van der Waals surface area contributed by atoms with Crippen LogP contribution in [0.2, 0.25) is 0 Å². The molecular formula is C15H22O3. The summed E-state index contributed by atoms with van der Waals surface area (Å²) in [6, 6.07) is 5.79. The van der Waals surface area contributed by atoms with Crippen molar-refractivity contribution in [1.82, 2.24) is 0 Å². The number of aliphatic hydroxyl groups is 2. The molecule has 100 valence electrons. The average molecular weight is 250 g/mol. The highest BCUT2D eigenvalue weighted by molar-refractivity contribution is 5.38. The quantitative estimate of drug-likeness (QED) is 0.867. The number of aliphatic hydroxyl groups excluding tert-OH is 2. The van der Waals surface area contributed by atoms with E-state index in [9.17, 15) is 10.2 Å². The molecule has 2 unspecified atom stereocenters. The van der Waals surface area contributed by atoms with Crippen molar-refractivity contribution in [2.24, 2.45) is 0 Å². The molecule has 0 radical (unpaired) electrons. The van der Waals surface area contributed by atoms with E-state index in [4.69, 9.17) is 4.74 Å². The Labute approximate surface area is 108 Å². The Kier molecular flexibility index (Phi) is 4.25. The molecule has 0 aromatic heterocycles. The summed E-state index contributed by atoms with van der Waals surface area (Å²) in [6.07, 6.45) is 2.77. The SMILES string of the molecule is Cc1ccc([C@H](C)O)c(OC2CCCCC2O)c1. The molecule has 1 aliphatic rings. The molecule has 2 N–H and O–H groups in total. The second kappa shape index (κ2) is 5.72. The van der Waals surface area contributed by atoms with E-state index in [1.54, 1.807) is 6.92 Å². The number of hydrogen-bond donors (Lipinski definition) is 2. The van der Waals surface area contributed by atoms with Gasteiger partial charge in [-0.25, -0.2) is 0 Å². The fourth-order valence-electron chi connectivity index (χ4n) is 2.47. The average Bonchev–Trinajstić information content (AvgIpc) is 2.32. The summed E-state index contributed by atoms with van der Waals surface area (Å²) in [4.78, 5) is 0. The van der Waals surface area contributed by atoms with Gasteiger partial charge in [-0.1, -0.05) is 18.6 Å². The summed E-state index contributed by atoms with van der Waals surface area (Å²) in [5.74, 6) is 0.705. The highest BCUT2D eigenvalue weighted by atomic mass is 16.5. The van der Waals surface area contributed by atoms with Gasteiger partial charge in [0.05, 0.1) is 12.2 Å². The molecule has 3 atom stereocenters. The number of aryl methyl sites for hydroxylation is 1. The third kappa shape index (κ3) is 3.03. The standard InChI is InChI=1S/C15H22O3/c1-10-7-8-12(11(2)16)15(9-10)18-14-6-4-3-5-13(14)17/h7-9,11,13-14,16-17H,3-6H2,1-2H3/t11-,13?,14?/m0/s1. The second-order valence-electron chi connectivity index (χ2n) is 5.23. The summed E-state index contributed by atoms with van der Waals surface area (Å²) in [6.45, 7) is 3.73. The summed E-state index contributed by atoms with van der Waals surface area (Å²) < 4.78 is 5.93. The summed E-state index contributed by atoms with van der Waals surface area (Å²) in [7, 11) is 0. The van der Waals surface area contributed by atoms with E-state index in [0.29, 0.717) is 5.75 Å². The molecule has 3 heteroatoms. The van der Waals surface area contributed by atoms with E-state index in [-0.39, 0.29) is 12.2 Å². The van der Waals surface area contributed by atoms with Crippen LogP contribution in [0, 0.1) is 6.92 Å². The van der Waals surface area contributed by atoms with Gasteiger partial charge >= 0.3 is 0 Å². The van der Waals surface area contributed by atoms with Crippen molar-refractivity contribution >= 4 is 0 Å². The van der Waals surface area contributed by atoms with Gasteiger partial charge in [-0.05, 0) is 44.7 Å². The molecule has 0 bridgehead atoms. The summed E-state index contributed by atoms with van der Waals surface area (Å²) >= 11 is 0. The first-order chi connectivity index (χ1) is 8.58. The zero-order valence-corrected chi connectivity index (χ0v) is 11.1. The van der Waals surface area contributed by atoms with Crippen molar-refractivity contribution in [3.8, 4) is 5.75 Å². The van der Waals surface area contributed by atoms with Crippen LogP contribution in [-0.2, 0) is 0 Å². The van der Waals surface area contributed by atoms with Crippen molar-refractivity contribution in [2.75, 3.05) is 0 Å². The highest BCUT2D eigenvalue weighted by Gasteiger charge is 2.25. The number of ether oxygens (including phenoxy) is 1. The summed E-state index contributed by atoms with van der Waals surface area (Å²) in [5, 5.41) is 19.7. The van der Waals surface area contributed by atoms with Crippen LogP contribution in [0.3, 0.4) is 0 Å². The first-order valence-corrected chi connectivity index (χ1v) is 6.71. The largest absolute Gasteiger partial charge is 0.487 e. The maximum absolute atomic E-state index is 9.94. The van der Waals surface area contributed by atoms with Crippen LogP contribution >= 0.6 is 0 Å². The van der Waals surface area contributed by atoms with Gasteiger partial charge in [-0.3, -0.25) is 0 Å². The van der Waals surface area contributed by atoms with Crippen LogP contribution in [0.15, 0.2) is 18.2 Å². The van der Waals surface area contributed by atoms with Crippen molar-refractivity contribution in [3.63, 3.8) is 0 Å². The third-order valence-corrected chi connectivity index (χ3v) is 3.57. The zero-order valence-electron chi connectivity index (χ0n) is 11.1. The Bertz CT molecular complexity index is 401. The Hall–Kier alpha value is -1.06. The lowest BCUT2D eigenvalue weighted by Gasteiger charge is -2.29. The van der Waals surface area contributed by atoms with E-state index >= 15 is 0 Å². The molecular weight excluding hydrogens is 228 g/mol. The van der Waals surface area contributed by atoms with Gasteiger partial charge in [-0.2, -0.15) is 0 Å². The molecule has 0 amide bonds. The molecule has 1 aliphatic carbocycles. The van der Waals surface area contributed by atoms with Gasteiger partial charge < -0.3 is 14.9 Å². The zero-order chi connectivity index (χ0) is 13.1. The fourth-order valence-corrected chi connectivity index (χ4v) is 2.47. The first kappa shape index (κ1) is 13.4. The van der Waals surface area contributed by atoms with Crippen LogP contribution in [0.25, 0.3) is 0 Å². The van der Waals surface area contributed by atoms with Gasteiger partial charge in [0, 0.05) is 5.56 Å². The molecule has 1 saturated carbocycles. The predicted octanol–water partition coefficient (Wildman–Crippen LogP) is 2.73. The van der Waals surface area contributed by atoms with Crippen LogP contribution in [0.4, 0.5) is 0 Å². The lowest BCUT2D eigenvalue weighted by Crippen LogP contribution is -2.34. The lowest BCUT2D eigenvalue weighted by molar-refractivity contribution is 0.00525. The van der Waals surface area contributed by atoms with Gasteiger partial charge in [-0.15, -0.1) is 0 Å². The van der Waals surface area contributed by atoms with E-state index in [0.717, 1.165) is 36.8 Å². The minimum atomic E-state index is -0.554. The molecule has 0 spiro atoms. The van der Waals surface area contributed by atoms with Crippen molar-refractivity contribution in [1.29, 1.82) is 0 Å². The first-order valence-electron chi connectivity index (χ1n) is 6.71. The second-order valence-corrected chi connectivity index (χ2v) is 5.23. The van der Waals surface area contributed by atoms with Gasteiger partial charge in [0.25, 0.3) is 0 Å². The normalized spacial score (nSPS) is 25.8. The third-order valence-electron chi connectivity index (χ3n) is 3.57. The minimum Gasteiger partial charge on any atom is -0.487 e. The molecule has 1 aromatic carbocycles. The Morgan fingerprint density at radius 3 is 2.67 bits per heavy atom. The topological polar surface area (TPSA) is 49.7 Å². The maximum Gasteiger partial charge on any atom is 0.125 e. The van der Waals surface area contributed by atoms with Crippen LogP contribution in [-0.4, -0.2) is 22.4 Å². The van der Waals surface area contributed by atoms with E-state index in [1.807, 2.05) is 25.1 Å². The van der Waals surface area contributed by atoms with E-state index in [1.165, 1.54) is 0 Å². The molecule has 0 aliphatic heterocycles. The predicted molar refractivity (Wildman–Crippen MR) is 70.7 cm³/mol. The van der Waals surface area contributed by atoms with Gasteiger partial charge in [0.15, 0.2) is 0 Å². The number of hydrogen-bond acceptors (Lipinski definition) is 3. The van der Waals surface area contributed by atoms with Crippen LogP contribution < -0.4 is 4.74 Å². The van der Waals surface area contributed by atoms with E-state index in [2.05, 4.69) is 0 Å². The molecule has 2 rings (SSSR count). The monoisotopic (exact) mass is 250 g/mol. The van der Waals surface area contributed by atoms with Crippen molar-refractivity contribution in [3.05, 3.63) is 29.3 Å². The van der Waals surface area contributed by atoms with Crippen LogP contribution in [0.1, 0.15) is 49.8 Å². The molecule has 18 heavy (non-hydrogen) atoms. The maximum atomic E-state index is 9.94. The molecule has 3 nitrogen and oxygen atoms in total. The van der Waals surface area contributed by atoms with Crippen LogP contribution in [0.5, 0.6) is 5.75 Å². The van der Waals surface area contributed by atoms with Crippen molar-refractivity contribution < 1.29 is 14.9 Å². The molecule has 1 aromatic rings.